The summed E-state index contributed by atoms with van der Waals surface area (Å²) < 4.78 is 5.95. The van der Waals surface area contributed by atoms with E-state index in [1.54, 1.807) is 12.4 Å². The number of likely N-dealkylation sites (tertiary alicyclic amines) is 1. The van der Waals surface area contributed by atoms with Crippen LogP contribution in [0.5, 0.6) is 5.75 Å². The summed E-state index contributed by atoms with van der Waals surface area (Å²) in [7, 11) is 0. The normalized spacial score (nSPS) is 16.1. The van der Waals surface area contributed by atoms with E-state index in [-0.39, 0.29) is 17.9 Å². The molecule has 1 aliphatic heterocycles. The topological polar surface area (TPSA) is 71.5 Å². The molecule has 0 radical (unpaired) electrons. The van der Waals surface area contributed by atoms with Gasteiger partial charge in [0.15, 0.2) is 5.60 Å². The van der Waals surface area contributed by atoms with Crippen LogP contribution >= 0.6 is 0 Å². The first-order valence-corrected chi connectivity index (χ1v) is 10.5. The van der Waals surface area contributed by atoms with Crippen molar-refractivity contribution in [3.63, 3.8) is 0 Å². The molecule has 2 amide bonds. The van der Waals surface area contributed by atoms with Crippen molar-refractivity contribution in [1.29, 1.82) is 0 Å². The Morgan fingerprint density at radius 2 is 1.83 bits per heavy atom. The first kappa shape index (κ1) is 21.8. The zero-order valence-corrected chi connectivity index (χ0v) is 18.2. The molecular weight excluding hydrogens is 378 g/mol. The van der Waals surface area contributed by atoms with E-state index in [2.05, 4.69) is 10.3 Å². The molecule has 6 heteroatoms. The van der Waals surface area contributed by atoms with Crippen molar-refractivity contribution in [1.82, 2.24) is 15.2 Å². The van der Waals surface area contributed by atoms with Gasteiger partial charge in [0, 0.05) is 31.5 Å². The molecule has 1 saturated heterocycles. The smallest absolute Gasteiger partial charge is 0.266 e. The van der Waals surface area contributed by atoms with Crippen LogP contribution in [0.2, 0.25) is 0 Å². The van der Waals surface area contributed by atoms with Crippen LogP contribution in [0.4, 0.5) is 0 Å². The van der Waals surface area contributed by atoms with Crippen LogP contribution in [0.15, 0.2) is 48.8 Å². The Balaban J connectivity index is 1.52. The Hall–Kier alpha value is -2.89. The molecule has 2 aromatic rings. The van der Waals surface area contributed by atoms with E-state index in [0.717, 1.165) is 18.4 Å². The molecule has 1 aromatic carbocycles. The van der Waals surface area contributed by atoms with Gasteiger partial charge >= 0.3 is 0 Å². The second kappa shape index (κ2) is 9.28. The average Bonchev–Trinajstić information content (AvgIpc) is 2.73. The molecule has 1 fully saturated rings. The van der Waals surface area contributed by atoms with Gasteiger partial charge in [-0.2, -0.15) is 0 Å². The molecule has 1 N–H and O–H groups in total. The zero-order valence-electron chi connectivity index (χ0n) is 18.2. The highest BCUT2D eigenvalue weighted by atomic mass is 16.5. The Labute approximate surface area is 178 Å². The molecule has 0 unspecified atom stereocenters. The van der Waals surface area contributed by atoms with Crippen LogP contribution in [0.1, 0.15) is 49.5 Å². The number of aromatic nitrogens is 1. The Bertz CT molecular complexity index is 874. The first-order chi connectivity index (χ1) is 14.3. The summed E-state index contributed by atoms with van der Waals surface area (Å²) in [6.07, 6.45) is 5.02. The van der Waals surface area contributed by atoms with E-state index in [0.29, 0.717) is 30.3 Å². The van der Waals surface area contributed by atoms with Crippen LogP contribution in [-0.2, 0) is 4.79 Å². The molecule has 1 aliphatic rings. The summed E-state index contributed by atoms with van der Waals surface area (Å²) in [6.45, 7) is 8.91. The van der Waals surface area contributed by atoms with Crippen molar-refractivity contribution in [2.75, 3.05) is 13.1 Å². The lowest BCUT2D eigenvalue weighted by molar-refractivity contribution is -0.147. The minimum Gasteiger partial charge on any atom is -0.478 e. The van der Waals surface area contributed by atoms with Crippen molar-refractivity contribution in [2.24, 2.45) is 5.92 Å². The second-order valence-electron chi connectivity index (χ2n) is 8.57. The summed E-state index contributed by atoms with van der Waals surface area (Å²) >= 11 is 0. The molecule has 30 heavy (non-hydrogen) atoms. The molecule has 3 rings (SSSR count). The fourth-order valence-corrected chi connectivity index (χ4v) is 3.90. The van der Waals surface area contributed by atoms with Gasteiger partial charge in [-0.3, -0.25) is 14.6 Å². The molecule has 0 spiro atoms. The van der Waals surface area contributed by atoms with Crippen molar-refractivity contribution >= 4 is 11.8 Å². The minimum absolute atomic E-state index is 0.00710. The summed E-state index contributed by atoms with van der Waals surface area (Å²) in [4.78, 5) is 31.5. The average molecular weight is 410 g/mol. The maximum Gasteiger partial charge on any atom is 0.266 e. The molecule has 0 bridgehead atoms. The number of piperidine rings is 1. The predicted molar refractivity (Wildman–Crippen MR) is 116 cm³/mol. The monoisotopic (exact) mass is 409 g/mol. The minimum atomic E-state index is -0.924. The summed E-state index contributed by atoms with van der Waals surface area (Å²) in [6, 6.07) is 11.3. The standard InChI is InChI=1S/C24H31N3O3/c1-17-14-20(16-25-15-17)22(28)26-18(2)19-10-12-27(13-11-19)23(29)24(3,4)30-21-8-6-5-7-9-21/h5-9,14-16,18-19H,10-13H2,1-4H3,(H,26,28)/t18-/m1/s1. The number of carbonyl (C=O) groups is 2. The number of hydrogen-bond donors (Lipinski definition) is 1. The molecule has 160 valence electrons. The molecular formula is C24H31N3O3. The maximum atomic E-state index is 13.0. The molecule has 2 heterocycles. The number of benzene rings is 1. The Morgan fingerprint density at radius 1 is 1.17 bits per heavy atom. The highest BCUT2D eigenvalue weighted by Crippen LogP contribution is 2.25. The number of aryl methyl sites for hydroxylation is 1. The van der Waals surface area contributed by atoms with Crippen LogP contribution in [0, 0.1) is 12.8 Å². The molecule has 0 saturated carbocycles. The Kier molecular flexibility index (Phi) is 6.75. The van der Waals surface area contributed by atoms with E-state index in [1.165, 1.54) is 0 Å². The van der Waals surface area contributed by atoms with Gasteiger partial charge < -0.3 is 15.0 Å². The van der Waals surface area contributed by atoms with Gasteiger partial charge in [-0.1, -0.05) is 18.2 Å². The number of nitrogens with one attached hydrogen (secondary N) is 1. The van der Waals surface area contributed by atoms with Crippen molar-refractivity contribution in [3.8, 4) is 5.75 Å². The number of ether oxygens (including phenoxy) is 1. The van der Waals surface area contributed by atoms with Gasteiger partial charge in [0.1, 0.15) is 5.75 Å². The number of hydrogen-bond acceptors (Lipinski definition) is 4. The van der Waals surface area contributed by atoms with E-state index in [1.807, 2.05) is 69.0 Å². The molecule has 1 atom stereocenters. The quantitative estimate of drug-likeness (QED) is 0.791. The molecule has 6 nitrogen and oxygen atoms in total. The third kappa shape index (κ3) is 5.38. The lowest BCUT2D eigenvalue weighted by Gasteiger charge is -2.38. The van der Waals surface area contributed by atoms with Crippen molar-refractivity contribution in [2.45, 2.75) is 52.2 Å². The largest absolute Gasteiger partial charge is 0.478 e. The SMILES string of the molecule is Cc1cncc(C(=O)N[C@H](C)C2CCN(C(=O)C(C)(C)Oc3ccccc3)CC2)c1. The van der Waals surface area contributed by atoms with Crippen molar-refractivity contribution < 1.29 is 14.3 Å². The first-order valence-electron chi connectivity index (χ1n) is 10.5. The fraction of sp³-hybridized carbons (Fsp3) is 0.458. The van der Waals surface area contributed by atoms with Crippen LogP contribution in [0.3, 0.4) is 0 Å². The third-order valence-corrected chi connectivity index (χ3v) is 5.66. The number of carbonyl (C=O) groups excluding carboxylic acids is 2. The molecule has 0 aliphatic carbocycles. The van der Waals surface area contributed by atoms with E-state index in [9.17, 15) is 9.59 Å². The second-order valence-corrected chi connectivity index (χ2v) is 8.57. The highest BCUT2D eigenvalue weighted by molar-refractivity contribution is 5.94. The Morgan fingerprint density at radius 3 is 2.47 bits per heavy atom. The number of amides is 2. The van der Waals surface area contributed by atoms with Gasteiger partial charge in [-0.15, -0.1) is 0 Å². The highest BCUT2D eigenvalue weighted by Gasteiger charge is 2.36. The lowest BCUT2D eigenvalue weighted by atomic mass is 9.89. The fourth-order valence-electron chi connectivity index (χ4n) is 3.90. The number of pyridine rings is 1. The summed E-state index contributed by atoms with van der Waals surface area (Å²) in [5.41, 5.74) is 0.614. The number of nitrogens with zero attached hydrogens (tertiary/aromatic N) is 2. The van der Waals surface area contributed by atoms with Crippen molar-refractivity contribution in [3.05, 3.63) is 59.9 Å². The number of para-hydroxylation sites is 1. The molecule has 1 aromatic heterocycles. The van der Waals surface area contributed by atoms with Gasteiger partial charge in [-0.25, -0.2) is 0 Å². The number of rotatable bonds is 6. The summed E-state index contributed by atoms with van der Waals surface area (Å²) in [5.74, 6) is 0.906. The summed E-state index contributed by atoms with van der Waals surface area (Å²) in [5, 5.41) is 3.09. The van der Waals surface area contributed by atoms with Gasteiger partial charge in [0.25, 0.3) is 11.8 Å². The van der Waals surface area contributed by atoms with E-state index >= 15 is 0 Å². The maximum absolute atomic E-state index is 13.0. The van der Waals surface area contributed by atoms with Crippen LogP contribution in [-0.4, -0.2) is 46.4 Å². The third-order valence-electron chi connectivity index (χ3n) is 5.66. The van der Waals surface area contributed by atoms with E-state index < -0.39 is 5.60 Å². The van der Waals surface area contributed by atoms with Crippen LogP contribution < -0.4 is 10.1 Å². The predicted octanol–water partition coefficient (Wildman–Crippen LogP) is 3.60. The lowest BCUT2D eigenvalue weighted by Crippen LogP contribution is -2.52. The zero-order chi connectivity index (χ0) is 21.7. The van der Waals surface area contributed by atoms with Gasteiger partial charge in [0.2, 0.25) is 0 Å². The van der Waals surface area contributed by atoms with Crippen LogP contribution in [0.25, 0.3) is 0 Å². The van der Waals surface area contributed by atoms with Gasteiger partial charge in [-0.05, 0) is 70.2 Å². The van der Waals surface area contributed by atoms with Gasteiger partial charge in [0.05, 0.1) is 5.56 Å². The van der Waals surface area contributed by atoms with E-state index in [4.69, 9.17) is 4.74 Å².